The molecule has 0 aliphatic rings. The lowest BCUT2D eigenvalue weighted by molar-refractivity contribution is 0.248. The number of amides is 2. The summed E-state index contributed by atoms with van der Waals surface area (Å²) in [6.07, 6.45) is 0.837. The average Bonchev–Trinajstić information content (AvgIpc) is 2.54. The molecule has 2 aromatic carbocycles. The minimum Gasteiger partial charge on any atom is -0.331 e. The van der Waals surface area contributed by atoms with Crippen molar-refractivity contribution in [3.63, 3.8) is 0 Å². The third-order valence-corrected chi connectivity index (χ3v) is 3.36. The zero-order valence-electron chi connectivity index (χ0n) is 12.2. The van der Waals surface area contributed by atoms with Gasteiger partial charge in [-0.3, -0.25) is 0 Å². The predicted molar refractivity (Wildman–Crippen MR) is 86.0 cm³/mol. The number of hydrogen-bond donors (Lipinski definition) is 3. The zero-order valence-corrected chi connectivity index (χ0v) is 12.2. The van der Waals surface area contributed by atoms with Crippen LogP contribution in [0.25, 0.3) is 0 Å². The van der Waals surface area contributed by atoms with E-state index in [-0.39, 0.29) is 12.1 Å². The highest BCUT2D eigenvalue weighted by molar-refractivity contribution is 5.89. The van der Waals surface area contributed by atoms with Crippen molar-refractivity contribution in [3.8, 4) is 0 Å². The van der Waals surface area contributed by atoms with Gasteiger partial charge in [0.25, 0.3) is 0 Å². The third-order valence-electron chi connectivity index (χ3n) is 3.36. The molecule has 4 nitrogen and oxygen atoms in total. The van der Waals surface area contributed by atoms with E-state index in [1.165, 1.54) is 0 Å². The van der Waals surface area contributed by atoms with Crippen LogP contribution >= 0.6 is 0 Å². The fourth-order valence-corrected chi connectivity index (χ4v) is 2.16. The van der Waals surface area contributed by atoms with Gasteiger partial charge < -0.3 is 16.4 Å². The van der Waals surface area contributed by atoms with Crippen LogP contribution in [0.1, 0.15) is 30.5 Å². The number of carbonyl (C=O) groups excluding carboxylic acids is 1. The van der Waals surface area contributed by atoms with E-state index in [1.807, 2.05) is 61.5 Å². The Kier molecular flexibility index (Phi) is 5.35. The van der Waals surface area contributed by atoms with Gasteiger partial charge in [-0.1, -0.05) is 49.4 Å². The molecule has 21 heavy (non-hydrogen) atoms. The van der Waals surface area contributed by atoms with E-state index in [4.69, 9.17) is 5.73 Å². The molecule has 2 amide bonds. The summed E-state index contributed by atoms with van der Waals surface area (Å²) in [5.41, 5.74) is 8.45. The first kappa shape index (κ1) is 15.1. The van der Waals surface area contributed by atoms with E-state index < -0.39 is 0 Å². The van der Waals surface area contributed by atoms with Crippen molar-refractivity contribution in [2.24, 2.45) is 5.73 Å². The van der Waals surface area contributed by atoms with Gasteiger partial charge in [0.2, 0.25) is 0 Å². The van der Waals surface area contributed by atoms with Crippen LogP contribution in [0.5, 0.6) is 0 Å². The van der Waals surface area contributed by atoms with E-state index >= 15 is 0 Å². The molecule has 0 fully saturated rings. The molecule has 0 aliphatic heterocycles. The highest BCUT2D eigenvalue weighted by Gasteiger charge is 2.12. The number of urea groups is 1. The molecule has 1 atom stereocenters. The van der Waals surface area contributed by atoms with Crippen molar-refractivity contribution in [2.45, 2.75) is 25.9 Å². The van der Waals surface area contributed by atoms with Gasteiger partial charge >= 0.3 is 6.03 Å². The second kappa shape index (κ2) is 7.45. The molecule has 110 valence electrons. The Balaban J connectivity index is 1.96. The molecule has 0 radical (unpaired) electrons. The van der Waals surface area contributed by atoms with Gasteiger partial charge in [-0.25, -0.2) is 4.79 Å². The smallest absolute Gasteiger partial charge is 0.319 e. The van der Waals surface area contributed by atoms with Gasteiger partial charge in [-0.15, -0.1) is 0 Å². The topological polar surface area (TPSA) is 67.2 Å². The Morgan fingerprint density at radius 1 is 1.10 bits per heavy atom. The molecule has 0 heterocycles. The largest absolute Gasteiger partial charge is 0.331 e. The summed E-state index contributed by atoms with van der Waals surface area (Å²) in [5.74, 6) is 0. The number of anilines is 1. The maximum atomic E-state index is 12.1. The van der Waals surface area contributed by atoms with Crippen molar-refractivity contribution in [3.05, 3.63) is 65.7 Å². The van der Waals surface area contributed by atoms with Gasteiger partial charge in [-0.05, 0) is 29.7 Å². The van der Waals surface area contributed by atoms with Gasteiger partial charge in [-0.2, -0.15) is 0 Å². The Labute approximate surface area is 125 Å². The van der Waals surface area contributed by atoms with E-state index in [1.54, 1.807) is 0 Å². The van der Waals surface area contributed by atoms with E-state index in [0.717, 1.165) is 23.2 Å². The first-order valence-corrected chi connectivity index (χ1v) is 7.14. The number of nitrogens with two attached hydrogens (primary N) is 1. The number of rotatable bonds is 5. The average molecular weight is 283 g/mol. The molecule has 0 saturated heterocycles. The van der Waals surface area contributed by atoms with Crippen molar-refractivity contribution >= 4 is 11.7 Å². The number of hydrogen-bond acceptors (Lipinski definition) is 2. The lowest BCUT2D eigenvalue weighted by Gasteiger charge is -2.18. The van der Waals surface area contributed by atoms with Crippen molar-refractivity contribution in [2.75, 3.05) is 5.32 Å². The van der Waals surface area contributed by atoms with Crippen LogP contribution in [0.4, 0.5) is 10.5 Å². The van der Waals surface area contributed by atoms with Crippen LogP contribution in [0, 0.1) is 0 Å². The molecule has 2 rings (SSSR count). The first-order valence-electron chi connectivity index (χ1n) is 7.14. The van der Waals surface area contributed by atoms with E-state index in [0.29, 0.717) is 6.54 Å². The zero-order chi connectivity index (χ0) is 15.1. The molecule has 0 bridgehead atoms. The monoisotopic (exact) mass is 283 g/mol. The minimum absolute atomic E-state index is 0.00881. The number of carbonyl (C=O) groups is 1. The summed E-state index contributed by atoms with van der Waals surface area (Å²) < 4.78 is 0. The molecule has 1 unspecified atom stereocenters. The molecule has 0 aromatic heterocycles. The number of benzene rings is 2. The van der Waals surface area contributed by atoms with Crippen molar-refractivity contribution in [1.29, 1.82) is 0 Å². The highest BCUT2D eigenvalue weighted by atomic mass is 16.2. The lowest BCUT2D eigenvalue weighted by atomic mass is 10.1. The molecule has 2 aromatic rings. The van der Waals surface area contributed by atoms with Gasteiger partial charge in [0.1, 0.15) is 0 Å². The molecule has 0 spiro atoms. The quantitative estimate of drug-likeness (QED) is 0.787. The van der Waals surface area contributed by atoms with Crippen molar-refractivity contribution in [1.82, 2.24) is 5.32 Å². The maximum Gasteiger partial charge on any atom is 0.319 e. The fourth-order valence-electron chi connectivity index (χ4n) is 2.16. The van der Waals surface area contributed by atoms with Crippen LogP contribution < -0.4 is 16.4 Å². The Bertz CT molecular complexity index is 566. The molecule has 4 heteroatoms. The van der Waals surface area contributed by atoms with E-state index in [2.05, 4.69) is 10.6 Å². The molecule has 0 aliphatic carbocycles. The Morgan fingerprint density at radius 3 is 2.33 bits per heavy atom. The summed E-state index contributed by atoms with van der Waals surface area (Å²) >= 11 is 0. The molecule has 0 saturated carbocycles. The van der Waals surface area contributed by atoms with Gasteiger partial charge in [0, 0.05) is 12.2 Å². The molecular weight excluding hydrogens is 262 g/mol. The van der Waals surface area contributed by atoms with Crippen LogP contribution in [0.3, 0.4) is 0 Å². The number of nitrogens with one attached hydrogen (secondary N) is 2. The second-order valence-electron chi connectivity index (χ2n) is 4.87. The molecular formula is C17H21N3O. The normalized spacial score (nSPS) is 11.7. The molecule has 4 N–H and O–H groups in total. The van der Waals surface area contributed by atoms with Crippen LogP contribution in [0.15, 0.2) is 54.6 Å². The Hall–Kier alpha value is -2.33. The first-order chi connectivity index (χ1) is 10.2. The minimum atomic E-state index is -0.203. The van der Waals surface area contributed by atoms with Crippen LogP contribution in [-0.2, 0) is 6.54 Å². The summed E-state index contributed by atoms with van der Waals surface area (Å²) in [5, 5.41) is 5.82. The lowest BCUT2D eigenvalue weighted by Crippen LogP contribution is -2.32. The maximum absolute atomic E-state index is 12.1. The Morgan fingerprint density at radius 2 is 1.76 bits per heavy atom. The van der Waals surface area contributed by atoms with Gasteiger partial charge in [0.15, 0.2) is 0 Å². The standard InChI is InChI=1S/C17H21N3O/c1-2-16(14-6-4-3-5-7-14)20-17(21)19-15-10-8-13(12-18)9-11-15/h3-11,16H,2,12,18H2,1H3,(H2,19,20,21). The summed E-state index contributed by atoms with van der Waals surface area (Å²) in [4.78, 5) is 12.1. The SMILES string of the molecule is CCC(NC(=O)Nc1ccc(CN)cc1)c1ccccc1. The fraction of sp³-hybridized carbons (Fsp3) is 0.235. The highest BCUT2D eigenvalue weighted by Crippen LogP contribution is 2.16. The van der Waals surface area contributed by atoms with Crippen molar-refractivity contribution < 1.29 is 4.79 Å². The predicted octanol–water partition coefficient (Wildman–Crippen LogP) is 3.42. The van der Waals surface area contributed by atoms with E-state index in [9.17, 15) is 4.79 Å². The summed E-state index contributed by atoms with van der Waals surface area (Å²) in [7, 11) is 0. The van der Waals surface area contributed by atoms with Crippen LogP contribution in [-0.4, -0.2) is 6.03 Å². The summed E-state index contributed by atoms with van der Waals surface area (Å²) in [6.45, 7) is 2.55. The summed E-state index contributed by atoms with van der Waals surface area (Å²) in [6, 6.07) is 17.3. The van der Waals surface area contributed by atoms with Gasteiger partial charge in [0.05, 0.1) is 6.04 Å². The second-order valence-corrected chi connectivity index (χ2v) is 4.87. The third kappa shape index (κ3) is 4.33. The van der Waals surface area contributed by atoms with Crippen LogP contribution in [0.2, 0.25) is 0 Å².